The molecule has 1 aromatic heterocycles. The van der Waals surface area contributed by atoms with Crippen LogP contribution in [-0.2, 0) is 11.8 Å². The molecule has 1 aromatic carbocycles. The molecule has 2 unspecified atom stereocenters. The molecule has 0 fully saturated rings. The van der Waals surface area contributed by atoms with Gasteiger partial charge >= 0.3 is 5.97 Å². The third-order valence-corrected chi connectivity index (χ3v) is 5.20. The molecule has 0 saturated heterocycles. The van der Waals surface area contributed by atoms with Gasteiger partial charge in [-0.25, -0.2) is 0 Å². The number of nitrogens with zero attached hydrogens (tertiary/aromatic N) is 1. The highest BCUT2D eigenvalue weighted by molar-refractivity contribution is 5.93. The second kappa shape index (κ2) is 5.76. The lowest BCUT2D eigenvalue weighted by atomic mass is 9.88. The van der Waals surface area contributed by atoms with Crippen molar-refractivity contribution in [2.45, 2.75) is 46.6 Å². The first-order valence-corrected chi connectivity index (χ1v) is 7.67. The molecule has 2 aromatic rings. The van der Waals surface area contributed by atoms with Crippen molar-refractivity contribution in [3.63, 3.8) is 0 Å². The number of likely N-dealkylation sites (N-methyl/N-ethyl adjacent to an activating group) is 1. The van der Waals surface area contributed by atoms with Crippen molar-refractivity contribution in [1.29, 1.82) is 0 Å². The van der Waals surface area contributed by atoms with Gasteiger partial charge in [-0.15, -0.1) is 0 Å². The van der Waals surface area contributed by atoms with Gasteiger partial charge in [0.15, 0.2) is 0 Å². The highest BCUT2D eigenvalue weighted by Crippen LogP contribution is 2.36. The van der Waals surface area contributed by atoms with Crippen molar-refractivity contribution in [2.75, 3.05) is 7.05 Å². The van der Waals surface area contributed by atoms with E-state index in [1.165, 1.54) is 33.2 Å². The van der Waals surface area contributed by atoms with Crippen LogP contribution < -0.4 is 5.32 Å². The van der Waals surface area contributed by atoms with Crippen LogP contribution in [0.2, 0.25) is 0 Å². The first-order chi connectivity index (χ1) is 10.2. The van der Waals surface area contributed by atoms with E-state index in [1.807, 2.05) is 14.0 Å². The Kier molecular flexibility index (Phi) is 4.34. The third kappa shape index (κ3) is 2.31. The van der Waals surface area contributed by atoms with Crippen LogP contribution in [0.25, 0.3) is 10.9 Å². The number of hydrogen-bond acceptors (Lipinski definition) is 2. The fraction of sp³-hybridized carbons (Fsp3) is 0.500. The maximum Gasteiger partial charge on any atom is 0.321 e. The summed E-state index contributed by atoms with van der Waals surface area (Å²) < 4.78 is 2.13. The smallest absolute Gasteiger partial charge is 0.321 e. The van der Waals surface area contributed by atoms with Gasteiger partial charge in [-0.2, -0.15) is 0 Å². The van der Waals surface area contributed by atoms with Crippen molar-refractivity contribution >= 4 is 16.9 Å². The molecule has 0 bridgehead atoms. The highest BCUT2D eigenvalue weighted by atomic mass is 16.4. The third-order valence-electron chi connectivity index (χ3n) is 5.20. The molecule has 4 heteroatoms. The molecule has 120 valence electrons. The van der Waals surface area contributed by atoms with Crippen molar-refractivity contribution < 1.29 is 9.90 Å². The lowest BCUT2D eigenvalue weighted by Crippen LogP contribution is -2.38. The van der Waals surface area contributed by atoms with Crippen LogP contribution in [0, 0.1) is 27.7 Å². The van der Waals surface area contributed by atoms with Crippen LogP contribution in [-0.4, -0.2) is 28.7 Å². The van der Waals surface area contributed by atoms with Crippen LogP contribution in [0.5, 0.6) is 0 Å². The van der Waals surface area contributed by atoms with Gasteiger partial charge in [0, 0.05) is 24.5 Å². The summed E-state index contributed by atoms with van der Waals surface area (Å²) in [6.07, 6.45) is 2.08. The summed E-state index contributed by atoms with van der Waals surface area (Å²) in [5, 5.41) is 13.6. The van der Waals surface area contributed by atoms with E-state index in [1.54, 1.807) is 7.05 Å². The van der Waals surface area contributed by atoms with Gasteiger partial charge < -0.3 is 15.0 Å². The standard InChI is InChI=1S/C18H26N2O2/c1-9-10(2)12(4)17-15(11(9)3)14(8-20(17)7)13(5)16(19-6)18(21)22/h8,13,16,19H,1-7H3,(H,21,22). The Hall–Kier alpha value is -1.81. The number of carboxylic acids is 1. The second-order valence-corrected chi connectivity index (χ2v) is 6.31. The van der Waals surface area contributed by atoms with E-state index in [0.29, 0.717) is 0 Å². The molecule has 22 heavy (non-hydrogen) atoms. The predicted molar refractivity (Wildman–Crippen MR) is 90.8 cm³/mol. The number of nitrogens with one attached hydrogen (secondary N) is 1. The number of carbonyl (C=O) groups is 1. The number of aliphatic carboxylic acids is 1. The SMILES string of the molecule is CNC(C(=O)O)C(C)c1cn(C)c2c(C)c(C)c(C)c(C)c12. The van der Waals surface area contributed by atoms with Crippen LogP contribution in [0.1, 0.15) is 40.7 Å². The first-order valence-electron chi connectivity index (χ1n) is 7.67. The molecule has 0 saturated carbocycles. The number of rotatable bonds is 4. The van der Waals surface area contributed by atoms with Gasteiger partial charge in [0.05, 0.1) is 5.52 Å². The largest absolute Gasteiger partial charge is 0.480 e. The number of benzene rings is 1. The zero-order valence-electron chi connectivity index (χ0n) is 14.5. The molecule has 0 spiro atoms. The molecule has 4 nitrogen and oxygen atoms in total. The Morgan fingerprint density at radius 2 is 1.68 bits per heavy atom. The fourth-order valence-corrected chi connectivity index (χ4v) is 3.54. The van der Waals surface area contributed by atoms with Crippen LogP contribution in [0.15, 0.2) is 6.20 Å². The van der Waals surface area contributed by atoms with Gasteiger partial charge in [-0.05, 0) is 62.6 Å². The van der Waals surface area contributed by atoms with Crippen molar-refractivity contribution in [3.05, 3.63) is 34.0 Å². The molecule has 0 aliphatic rings. The minimum Gasteiger partial charge on any atom is -0.480 e. The molecular formula is C18H26N2O2. The molecule has 2 rings (SSSR count). The number of aryl methyl sites for hydroxylation is 3. The number of carboxylic acid groups (broad SMARTS) is 1. The Morgan fingerprint density at radius 3 is 2.18 bits per heavy atom. The van der Waals surface area contributed by atoms with Gasteiger partial charge in [0.1, 0.15) is 6.04 Å². The number of aromatic nitrogens is 1. The molecule has 0 aliphatic heterocycles. The zero-order valence-corrected chi connectivity index (χ0v) is 14.5. The minimum atomic E-state index is -0.815. The maximum absolute atomic E-state index is 11.5. The Balaban J connectivity index is 2.79. The highest BCUT2D eigenvalue weighted by Gasteiger charge is 2.28. The molecule has 0 amide bonds. The van der Waals surface area contributed by atoms with E-state index >= 15 is 0 Å². The summed E-state index contributed by atoms with van der Waals surface area (Å²) in [6.45, 7) is 10.6. The summed E-state index contributed by atoms with van der Waals surface area (Å²) in [6, 6.07) is -0.591. The van der Waals surface area contributed by atoms with E-state index in [-0.39, 0.29) is 5.92 Å². The Labute approximate surface area is 132 Å². The second-order valence-electron chi connectivity index (χ2n) is 6.31. The summed E-state index contributed by atoms with van der Waals surface area (Å²) >= 11 is 0. The fourth-order valence-electron chi connectivity index (χ4n) is 3.54. The molecule has 0 radical (unpaired) electrons. The van der Waals surface area contributed by atoms with E-state index < -0.39 is 12.0 Å². The van der Waals surface area contributed by atoms with E-state index in [2.05, 4.69) is 43.8 Å². The van der Waals surface area contributed by atoms with Crippen LogP contribution in [0.4, 0.5) is 0 Å². The van der Waals surface area contributed by atoms with Crippen molar-refractivity contribution in [3.8, 4) is 0 Å². The van der Waals surface area contributed by atoms with Crippen molar-refractivity contribution in [2.24, 2.45) is 7.05 Å². The van der Waals surface area contributed by atoms with E-state index in [9.17, 15) is 9.90 Å². The normalized spacial score (nSPS) is 14.3. The van der Waals surface area contributed by atoms with Gasteiger partial charge in [0.2, 0.25) is 0 Å². The van der Waals surface area contributed by atoms with E-state index in [0.717, 1.165) is 5.56 Å². The predicted octanol–water partition coefficient (Wildman–Crippen LogP) is 3.19. The molecule has 2 atom stereocenters. The summed E-state index contributed by atoms with van der Waals surface area (Å²) in [5.74, 6) is -0.920. The van der Waals surface area contributed by atoms with E-state index in [4.69, 9.17) is 0 Å². The summed E-state index contributed by atoms with van der Waals surface area (Å²) in [5.41, 5.74) is 7.44. The zero-order chi connectivity index (χ0) is 16.8. The molecule has 1 heterocycles. The monoisotopic (exact) mass is 302 g/mol. The van der Waals surface area contributed by atoms with Gasteiger partial charge in [-0.3, -0.25) is 4.79 Å². The number of fused-ring (bicyclic) bond motifs is 1. The van der Waals surface area contributed by atoms with Crippen molar-refractivity contribution in [1.82, 2.24) is 9.88 Å². The Bertz CT molecular complexity index is 744. The topological polar surface area (TPSA) is 54.3 Å². The Morgan fingerprint density at radius 1 is 1.14 bits per heavy atom. The molecular weight excluding hydrogens is 276 g/mol. The van der Waals surface area contributed by atoms with Gasteiger partial charge in [-0.1, -0.05) is 6.92 Å². The lowest BCUT2D eigenvalue weighted by molar-refractivity contribution is -0.139. The van der Waals surface area contributed by atoms with Crippen LogP contribution >= 0.6 is 0 Å². The average Bonchev–Trinajstić information content (AvgIpc) is 2.80. The first kappa shape index (κ1) is 16.6. The summed E-state index contributed by atoms with van der Waals surface area (Å²) in [7, 11) is 3.74. The summed E-state index contributed by atoms with van der Waals surface area (Å²) in [4.78, 5) is 11.5. The molecule has 2 N–H and O–H groups in total. The average molecular weight is 302 g/mol. The maximum atomic E-state index is 11.5. The molecule has 0 aliphatic carbocycles. The quantitative estimate of drug-likeness (QED) is 0.912. The van der Waals surface area contributed by atoms with Gasteiger partial charge in [0.25, 0.3) is 0 Å². The van der Waals surface area contributed by atoms with Crippen LogP contribution in [0.3, 0.4) is 0 Å². The minimum absolute atomic E-state index is 0.105. The lowest BCUT2D eigenvalue weighted by Gasteiger charge is -2.20. The number of hydrogen-bond donors (Lipinski definition) is 2.